The molecule has 0 saturated heterocycles. The van der Waals surface area contributed by atoms with Gasteiger partial charge in [-0.1, -0.05) is 30.3 Å². The molecule has 1 aliphatic heterocycles. The number of carbonyl (C=O) groups is 1. The maximum Gasteiger partial charge on any atom is 0.274 e. The lowest BCUT2D eigenvalue weighted by Gasteiger charge is -2.18. The maximum atomic E-state index is 12.5. The van der Waals surface area contributed by atoms with Crippen molar-refractivity contribution in [3.05, 3.63) is 77.7 Å². The van der Waals surface area contributed by atoms with E-state index in [1.807, 2.05) is 43.3 Å². The van der Waals surface area contributed by atoms with Gasteiger partial charge in [0.1, 0.15) is 17.8 Å². The summed E-state index contributed by atoms with van der Waals surface area (Å²) in [5.41, 5.74) is 4.65. The summed E-state index contributed by atoms with van der Waals surface area (Å²) in [6.45, 7) is 2.85. The number of fused-ring (bicyclic) bond motifs is 1. The summed E-state index contributed by atoms with van der Waals surface area (Å²) in [5.74, 6) is 0.510. The fourth-order valence-electron chi connectivity index (χ4n) is 3.11. The Morgan fingerprint density at radius 3 is 2.84 bits per heavy atom. The van der Waals surface area contributed by atoms with Crippen molar-refractivity contribution in [1.82, 2.24) is 9.97 Å². The summed E-state index contributed by atoms with van der Waals surface area (Å²) in [4.78, 5) is 23.1. The van der Waals surface area contributed by atoms with E-state index in [-0.39, 0.29) is 5.91 Å². The highest BCUT2D eigenvalue weighted by Crippen LogP contribution is 2.33. The van der Waals surface area contributed by atoms with Crippen molar-refractivity contribution < 1.29 is 4.79 Å². The normalized spacial score (nSPS) is 12.8. The van der Waals surface area contributed by atoms with Gasteiger partial charge in [-0.3, -0.25) is 4.79 Å². The zero-order valence-electron chi connectivity index (χ0n) is 13.9. The van der Waals surface area contributed by atoms with Crippen LogP contribution in [0.3, 0.4) is 0 Å². The summed E-state index contributed by atoms with van der Waals surface area (Å²) >= 11 is 0. The Balaban J connectivity index is 1.59. The van der Waals surface area contributed by atoms with E-state index in [2.05, 4.69) is 32.3 Å². The Morgan fingerprint density at radius 2 is 1.96 bits per heavy atom. The van der Waals surface area contributed by atoms with Gasteiger partial charge in [-0.25, -0.2) is 9.97 Å². The van der Waals surface area contributed by atoms with E-state index in [0.29, 0.717) is 5.69 Å². The molecule has 0 fully saturated rings. The SMILES string of the molecule is Cc1cccc(NC(=O)c2cc(N3CCc4ccccc43)ncn2)c1. The second kappa shape index (κ2) is 6.36. The van der Waals surface area contributed by atoms with Gasteiger partial charge in [0.05, 0.1) is 0 Å². The molecule has 5 heteroatoms. The monoisotopic (exact) mass is 330 g/mol. The van der Waals surface area contributed by atoms with Crippen LogP contribution in [0.4, 0.5) is 17.2 Å². The first-order valence-corrected chi connectivity index (χ1v) is 8.26. The molecular weight excluding hydrogens is 312 g/mol. The topological polar surface area (TPSA) is 58.1 Å². The molecule has 0 radical (unpaired) electrons. The molecule has 2 heterocycles. The van der Waals surface area contributed by atoms with Crippen LogP contribution < -0.4 is 10.2 Å². The first-order chi connectivity index (χ1) is 12.2. The molecule has 0 bridgehead atoms. The molecule has 124 valence electrons. The van der Waals surface area contributed by atoms with Crippen LogP contribution in [-0.4, -0.2) is 22.4 Å². The Bertz CT molecular complexity index is 938. The van der Waals surface area contributed by atoms with Gasteiger partial charge < -0.3 is 10.2 Å². The molecule has 3 aromatic rings. The van der Waals surface area contributed by atoms with Crippen LogP contribution in [0.5, 0.6) is 0 Å². The largest absolute Gasteiger partial charge is 0.326 e. The van der Waals surface area contributed by atoms with Gasteiger partial charge in [0.15, 0.2) is 0 Å². The summed E-state index contributed by atoms with van der Waals surface area (Å²) in [5, 5.41) is 2.89. The number of carbonyl (C=O) groups excluding carboxylic acids is 1. The lowest BCUT2D eigenvalue weighted by Crippen LogP contribution is -2.18. The number of aryl methyl sites for hydroxylation is 1. The van der Waals surface area contributed by atoms with Crippen LogP contribution in [0.15, 0.2) is 60.9 Å². The van der Waals surface area contributed by atoms with E-state index in [0.717, 1.165) is 35.7 Å². The predicted octanol–water partition coefficient (Wildman–Crippen LogP) is 3.73. The Morgan fingerprint density at radius 1 is 1.08 bits per heavy atom. The van der Waals surface area contributed by atoms with Crippen molar-refractivity contribution in [2.75, 3.05) is 16.8 Å². The molecule has 0 aliphatic carbocycles. The third kappa shape index (κ3) is 3.08. The van der Waals surface area contributed by atoms with Crippen molar-refractivity contribution in [2.24, 2.45) is 0 Å². The number of para-hydroxylation sites is 1. The van der Waals surface area contributed by atoms with Gasteiger partial charge in [0, 0.05) is 24.0 Å². The fraction of sp³-hybridized carbons (Fsp3) is 0.150. The van der Waals surface area contributed by atoms with Crippen molar-refractivity contribution in [2.45, 2.75) is 13.3 Å². The maximum absolute atomic E-state index is 12.5. The van der Waals surface area contributed by atoms with Crippen molar-refractivity contribution >= 4 is 23.1 Å². The number of anilines is 3. The highest BCUT2D eigenvalue weighted by molar-refractivity contribution is 6.03. The van der Waals surface area contributed by atoms with Gasteiger partial charge in [-0.2, -0.15) is 0 Å². The van der Waals surface area contributed by atoms with Crippen molar-refractivity contribution in [3.8, 4) is 0 Å². The summed E-state index contributed by atoms with van der Waals surface area (Å²) in [6, 6.07) is 17.7. The van der Waals surface area contributed by atoms with Crippen molar-refractivity contribution in [3.63, 3.8) is 0 Å². The standard InChI is InChI=1S/C20H18N4O/c1-14-5-4-7-16(11-14)23-20(25)17-12-19(22-13-21-17)24-10-9-15-6-2-3-8-18(15)24/h2-8,11-13H,9-10H2,1H3,(H,23,25). The highest BCUT2D eigenvalue weighted by Gasteiger charge is 2.21. The minimum Gasteiger partial charge on any atom is -0.326 e. The lowest BCUT2D eigenvalue weighted by atomic mass is 10.2. The second-order valence-corrected chi connectivity index (χ2v) is 6.12. The van der Waals surface area contributed by atoms with Crippen LogP contribution in [0.25, 0.3) is 0 Å². The first kappa shape index (κ1) is 15.3. The zero-order chi connectivity index (χ0) is 17.2. The van der Waals surface area contributed by atoms with Crippen LogP contribution in [0.2, 0.25) is 0 Å². The van der Waals surface area contributed by atoms with Crippen LogP contribution in [-0.2, 0) is 6.42 Å². The number of hydrogen-bond donors (Lipinski definition) is 1. The minimum absolute atomic E-state index is 0.235. The van der Waals surface area contributed by atoms with Gasteiger partial charge in [0.2, 0.25) is 0 Å². The molecule has 4 rings (SSSR count). The van der Waals surface area contributed by atoms with Gasteiger partial charge >= 0.3 is 0 Å². The predicted molar refractivity (Wildman–Crippen MR) is 98.3 cm³/mol. The van der Waals surface area contributed by atoms with Crippen LogP contribution in [0.1, 0.15) is 21.6 Å². The molecule has 1 amide bonds. The van der Waals surface area contributed by atoms with Gasteiger partial charge in [-0.05, 0) is 42.7 Å². The molecule has 5 nitrogen and oxygen atoms in total. The third-order valence-corrected chi connectivity index (χ3v) is 4.32. The molecule has 0 unspecified atom stereocenters. The van der Waals surface area contributed by atoms with E-state index in [9.17, 15) is 4.79 Å². The van der Waals surface area contributed by atoms with E-state index < -0.39 is 0 Å². The number of rotatable bonds is 3. The first-order valence-electron chi connectivity index (χ1n) is 8.26. The van der Waals surface area contributed by atoms with Crippen LogP contribution >= 0.6 is 0 Å². The van der Waals surface area contributed by atoms with E-state index in [1.165, 1.54) is 11.9 Å². The number of amides is 1. The average molecular weight is 330 g/mol. The highest BCUT2D eigenvalue weighted by atomic mass is 16.1. The molecular formula is C20H18N4O. The molecule has 0 atom stereocenters. The Hall–Kier alpha value is -3.21. The van der Waals surface area contributed by atoms with E-state index in [1.54, 1.807) is 6.07 Å². The van der Waals surface area contributed by atoms with E-state index >= 15 is 0 Å². The summed E-state index contributed by atoms with van der Waals surface area (Å²) < 4.78 is 0. The number of hydrogen-bond acceptors (Lipinski definition) is 4. The molecule has 1 aliphatic rings. The quantitative estimate of drug-likeness (QED) is 0.795. The number of nitrogens with one attached hydrogen (secondary N) is 1. The average Bonchev–Trinajstić information content (AvgIpc) is 3.06. The fourth-order valence-corrected chi connectivity index (χ4v) is 3.11. The van der Waals surface area contributed by atoms with Gasteiger partial charge in [0.25, 0.3) is 5.91 Å². The second-order valence-electron chi connectivity index (χ2n) is 6.12. The molecule has 0 spiro atoms. The Kier molecular flexibility index (Phi) is 3.90. The van der Waals surface area contributed by atoms with Crippen LogP contribution in [0, 0.1) is 6.92 Å². The molecule has 2 aromatic carbocycles. The molecule has 1 aromatic heterocycles. The zero-order valence-corrected chi connectivity index (χ0v) is 13.9. The lowest BCUT2D eigenvalue weighted by molar-refractivity contribution is 0.102. The number of aromatic nitrogens is 2. The number of nitrogens with zero attached hydrogens (tertiary/aromatic N) is 3. The van der Waals surface area contributed by atoms with E-state index in [4.69, 9.17) is 0 Å². The van der Waals surface area contributed by atoms with Gasteiger partial charge in [-0.15, -0.1) is 0 Å². The molecule has 0 saturated carbocycles. The minimum atomic E-state index is -0.235. The summed E-state index contributed by atoms with van der Waals surface area (Å²) in [7, 11) is 0. The third-order valence-electron chi connectivity index (χ3n) is 4.32. The molecule has 25 heavy (non-hydrogen) atoms. The summed E-state index contributed by atoms with van der Waals surface area (Å²) in [6.07, 6.45) is 2.42. The smallest absolute Gasteiger partial charge is 0.274 e. The Labute approximate surface area is 146 Å². The number of benzene rings is 2. The van der Waals surface area contributed by atoms with Crippen molar-refractivity contribution in [1.29, 1.82) is 0 Å². The molecule has 1 N–H and O–H groups in total.